The van der Waals surface area contributed by atoms with E-state index in [0.717, 1.165) is 35.6 Å². The average Bonchev–Trinajstić information content (AvgIpc) is 2.75. The lowest BCUT2D eigenvalue weighted by Crippen LogP contribution is -2.38. The summed E-state index contributed by atoms with van der Waals surface area (Å²) in [5.74, 6) is 3.59. The van der Waals surface area contributed by atoms with Gasteiger partial charge in [0.2, 0.25) is 0 Å². The van der Waals surface area contributed by atoms with Crippen molar-refractivity contribution in [3.05, 3.63) is 47.5 Å². The molecular weight excluding hydrogens is 358 g/mol. The van der Waals surface area contributed by atoms with E-state index in [1.54, 1.807) is 35.5 Å². The summed E-state index contributed by atoms with van der Waals surface area (Å²) in [6.45, 7) is 1.25. The lowest BCUT2D eigenvalue weighted by atomic mass is 10.1. The standard InChI is InChI=1S/C21H29N3O4/c1-22-21(23-11-10-15-8-6-7-9-17(15)25-2)24-14-16-12-19(27-4)20(28-5)13-18(16)26-3/h6-9,12-13H,10-11,14H2,1-5H3,(H2,22,23,24). The average molecular weight is 387 g/mol. The van der Waals surface area contributed by atoms with E-state index in [-0.39, 0.29) is 0 Å². The van der Waals surface area contributed by atoms with Crippen molar-refractivity contribution in [2.75, 3.05) is 42.0 Å². The maximum atomic E-state index is 5.47. The molecule has 0 amide bonds. The molecule has 0 heterocycles. The number of ether oxygens (including phenoxy) is 4. The van der Waals surface area contributed by atoms with E-state index in [4.69, 9.17) is 18.9 Å². The van der Waals surface area contributed by atoms with Crippen LogP contribution in [0.15, 0.2) is 41.4 Å². The first-order valence-corrected chi connectivity index (χ1v) is 9.02. The first-order chi connectivity index (χ1) is 13.7. The summed E-state index contributed by atoms with van der Waals surface area (Å²) in [7, 11) is 8.27. The molecule has 7 nitrogen and oxygen atoms in total. The molecule has 152 valence electrons. The van der Waals surface area contributed by atoms with Crippen LogP contribution in [-0.4, -0.2) is 48.0 Å². The number of hydrogen-bond donors (Lipinski definition) is 2. The molecule has 0 saturated carbocycles. The molecule has 0 atom stereocenters. The van der Waals surface area contributed by atoms with Crippen LogP contribution in [-0.2, 0) is 13.0 Å². The number of nitrogens with zero attached hydrogens (tertiary/aromatic N) is 1. The van der Waals surface area contributed by atoms with E-state index in [9.17, 15) is 0 Å². The molecule has 2 aromatic rings. The Kier molecular flexibility index (Phi) is 8.27. The minimum absolute atomic E-state index is 0.526. The molecule has 7 heteroatoms. The van der Waals surface area contributed by atoms with Crippen molar-refractivity contribution in [3.8, 4) is 23.0 Å². The highest BCUT2D eigenvalue weighted by atomic mass is 16.5. The molecule has 0 aliphatic rings. The summed E-state index contributed by atoms with van der Waals surface area (Å²) in [6.07, 6.45) is 0.824. The predicted molar refractivity (Wildman–Crippen MR) is 111 cm³/mol. The normalized spacial score (nSPS) is 11.0. The molecule has 0 bridgehead atoms. The Morgan fingerprint density at radius 3 is 2.07 bits per heavy atom. The topological polar surface area (TPSA) is 73.3 Å². The Balaban J connectivity index is 1.97. The van der Waals surface area contributed by atoms with Gasteiger partial charge < -0.3 is 29.6 Å². The van der Waals surface area contributed by atoms with Crippen molar-refractivity contribution in [3.63, 3.8) is 0 Å². The third-order valence-electron chi connectivity index (χ3n) is 4.34. The number of hydrogen-bond acceptors (Lipinski definition) is 5. The third kappa shape index (κ3) is 5.45. The summed E-state index contributed by atoms with van der Waals surface area (Å²) in [5, 5.41) is 6.61. The van der Waals surface area contributed by atoms with Crippen molar-refractivity contribution in [1.82, 2.24) is 10.6 Å². The van der Waals surface area contributed by atoms with Gasteiger partial charge in [0.1, 0.15) is 11.5 Å². The van der Waals surface area contributed by atoms with Gasteiger partial charge in [-0.25, -0.2) is 0 Å². The van der Waals surface area contributed by atoms with E-state index in [1.807, 2.05) is 30.3 Å². The van der Waals surface area contributed by atoms with Crippen LogP contribution in [0.2, 0.25) is 0 Å². The summed E-state index contributed by atoms with van der Waals surface area (Å²) in [5.41, 5.74) is 2.09. The molecule has 0 fully saturated rings. The van der Waals surface area contributed by atoms with Gasteiger partial charge >= 0.3 is 0 Å². The monoisotopic (exact) mass is 387 g/mol. The van der Waals surface area contributed by atoms with Crippen molar-refractivity contribution in [1.29, 1.82) is 0 Å². The number of aliphatic imine (C=N–C) groups is 1. The van der Waals surface area contributed by atoms with E-state index in [1.165, 1.54) is 0 Å². The maximum absolute atomic E-state index is 5.47. The number of nitrogens with one attached hydrogen (secondary N) is 2. The molecule has 28 heavy (non-hydrogen) atoms. The first-order valence-electron chi connectivity index (χ1n) is 9.02. The zero-order chi connectivity index (χ0) is 20.4. The number of guanidine groups is 1. The fraction of sp³-hybridized carbons (Fsp3) is 0.381. The van der Waals surface area contributed by atoms with Crippen molar-refractivity contribution < 1.29 is 18.9 Å². The second kappa shape index (κ2) is 10.9. The molecule has 2 N–H and O–H groups in total. The van der Waals surface area contributed by atoms with Gasteiger partial charge in [-0.2, -0.15) is 0 Å². The minimum atomic E-state index is 0.526. The first kappa shape index (κ1) is 21.2. The highest BCUT2D eigenvalue weighted by Gasteiger charge is 2.12. The Hall–Kier alpha value is -3.09. The fourth-order valence-electron chi connectivity index (χ4n) is 2.86. The van der Waals surface area contributed by atoms with Gasteiger partial charge in [-0.05, 0) is 24.1 Å². The Bertz CT molecular complexity index is 793. The maximum Gasteiger partial charge on any atom is 0.191 e. The van der Waals surface area contributed by atoms with Crippen LogP contribution in [0.1, 0.15) is 11.1 Å². The van der Waals surface area contributed by atoms with Gasteiger partial charge in [0.25, 0.3) is 0 Å². The van der Waals surface area contributed by atoms with E-state index >= 15 is 0 Å². The molecule has 2 rings (SSSR count). The quantitative estimate of drug-likeness (QED) is 0.509. The van der Waals surface area contributed by atoms with Gasteiger partial charge in [-0.3, -0.25) is 4.99 Å². The molecule has 0 aliphatic heterocycles. The molecule has 2 aromatic carbocycles. The Morgan fingerprint density at radius 1 is 0.786 bits per heavy atom. The van der Waals surface area contributed by atoms with Crippen LogP contribution >= 0.6 is 0 Å². The summed E-state index contributed by atoms with van der Waals surface area (Å²) in [6, 6.07) is 11.7. The van der Waals surface area contributed by atoms with E-state index in [2.05, 4.69) is 21.7 Å². The van der Waals surface area contributed by atoms with Crippen molar-refractivity contribution in [2.24, 2.45) is 4.99 Å². The second-order valence-corrected chi connectivity index (χ2v) is 5.93. The largest absolute Gasteiger partial charge is 0.496 e. The Labute approximate surface area is 166 Å². The minimum Gasteiger partial charge on any atom is -0.496 e. The van der Waals surface area contributed by atoms with Crippen LogP contribution in [0, 0.1) is 0 Å². The highest BCUT2D eigenvalue weighted by molar-refractivity contribution is 5.79. The Morgan fingerprint density at radius 2 is 1.43 bits per heavy atom. The summed E-state index contributed by atoms with van der Waals surface area (Å²) >= 11 is 0. The number of benzene rings is 2. The summed E-state index contributed by atoms with van der Waals surface area (Å²) < 4.78 is 21.6. The highest BCUT2D eigenvalue weighted by Crippen LogP contribution is 2.34. The number of rotatable bonds is 9. The third-order valence-corrected chi connectivity index (χ3v) is 4.34. The van der Waals surface area contributed by atoms with Crippen LogP contribution in [0.4, 0.5) is 0 Å². The molecule has 0 unspecified atom stereocenters. The van der Waals surface area contributed by atoms with Gasteiger partial charge in [-0.1, -0.05) is 18.2 Å². The summed E-state index contributed by atoms with van der Waals surface area (Å²) in [4.78, 5) is 4.28. The number of methoxy groups -OCH3 is 4. The van der Waals surface area contributed by atoms with Crippen LogP contribution in [0.3, 0.4) is 0 Å². The lowest BCUT2D eigenvalue weighted by Gasteiger charge is -2.16. The van der Waals surface area contributed by atoms with E-state index in [0.29, 0.717) is 24.0 Å². The van der Waals surface area contributed by atoms with Crippen LogP contribution in [0.25, 0.3) is 0 Å². The smallest absolute Gasteiger partial charge is 0.191 e. The predicted octanol–water partition coefficient (Wildman–Crippen LogP) is 2.63. The SMILES string of the molecule is CN=C(NCCc1ccccc1OC)NCc1cc(OC)c(OC)cc1OC. The van der Waals surface area contributed by atoms with Crippen LogP contribution < -0.4 is 29.6 Å². The zero-order valence-electron chi connectivity index (χ0n) is 17.2. The van der Waals surface area contributed by atoms with Gasteiger partial charge in [0, 0.05) is 31.8 Å². The molecule has 0 aromatic heterocycles. The molecule has 0 saturated heterocycles. The molecule has 0 aliphatic carbocycles. The zero-order valence-corrected chi connectivity index (χ0v) is 17.2. The lowest BCUT2D eigenvalue weighted by molar-refractivity contribution is 0.347. The second-order valence-electron chi connectivity index (χ2n) is 5.93. The van der Waals surface area contributed by atoms with Gasteiger partial charge in [0.15, 0.2) is 17.5 Å². The van der Waals surface area contributed by atoms with Crippen molar-refractivity contribution >= 4 is 5.96 Å². The van der Waals surface area contributed by atoms with E-state index < -0.39 is 0 Å². The molecule has 0 spiro atoms. The number of para-hydroxylation sites is 1. The van der Waals surface area contributed by atoms with Gasteiger partial charge in [-0.15, -0.1) is 0 Å². The fourth-order valence-corrected chi connectivity index (χ4v) is 2.86. The van der Waals surface area contributed by atoms with Crippen LogP contribution in [0.5, 0.6) is 23.0 Å². The molecular formula is C21H29N3O4. The van der Waals surface area contributed by atoms with Crippen molar-refractivity contribution in [2.45, 2.75) is 13.0 Å². The molecule has 0 radical (unpaired) electrons. The van der Waals surface area contributed by atoms with Gasteiger partial charge in [0.05, 0.1) is 28.4 Å².